The molecule has 0 atom stereocenters. The minimum absolute atomic E-state index is 0.00651. The first-order chi connectivity index (χ1) is 13.0. The summed E-state index contributed by atoms with van der Waals surface area (Å²) in [6.07, 6.45) is 3.51. The van der Waals surface area contributed by atoms with E-state index in [-0.39, 0.29) is 11.3 Å². The van der Waals surface area contributed by atoms with Gasteiger partial charge in [0.15, 0.2) is 0 Å². The van der Waals surface area contributed by atoms with Crippen molar-refractivity contribution in [1.29, 1.82) is 0 Å². The Morgan fingerprint density at radius 3 is 2.63 bits per heavy atom. The van der Waals surface area contributed by atoms with Crippen molar-refractivity contribution >= 4 is 5.82 Å². The summed E-state index contributed by atoms with van der Waals surface area (Å²) in [5.74, 6) is 1.07. The summed E-state index contributed by atoms with van der Waals surface area (Å²) in [5.41, 5.74) is 1.84. The second-order valence-corrected chi connectivity index (χ2v) is 5.59. The number of pyridine rings is 2. The molecule has 0 aromatic carbocycles. The standard InChI is InChI=1S/C18H17F2N5O2/c1-2-12-7-16(26)25-17(24-12)11-3-6-15(22-8-11)23-9-13-4-5-14(10-21-13)27-18(19)20/h3-8,10,18H,2,9H2,1H3,(H,22,23)(H,24,25,26). The highest BCUT2D eigenvalue weighted by molar-refractivity contribution is 5.55. The molecule has 0 aliphatic heterocycles. The van der Waals surface area contributed by atoms with Crippen molar-refractivity contribution in [2.24, 2.45) is 0 Å². The quantitative estimate of drug-likeness (QED) is 0.661. The minimum atomic E-state index is -2.87. The maximum atomic E-state index is 12.1. The number of hydrogen-bond acceptors (Lipinski definition) is 6. The fraction of sp³-hybridized carbons (Fsp3) is 0.222. The van der Waals surface area contributed by atoms with Gasteiger partial charge in [-0.2, -0.15) is 8.78 Å². The lowest BCUT2D eigenvalue weighted by molar-refractivity contribution is -0.0500. The van der Waals surface area contributed by atoms with Crippen molar-refractivity contribution in [2.75, 3.05) is 5.32 Å². The van der Waals surface area contributed by atoms with E-state index < -0.39 is 6.61 Å². The number of H-pyrrole nitrogens is 1. The first kappa shape index (κ1) is 18.4. The second-order valence-electron chi connectivity index (χ2n) is 5.59. The summed E-state index contributed by atoms with van der Waals surface area (Å²) >= 11 is 0. The summed E-state index contributed by atoms with van der Waals surface area (Å²) < 4.78 is 28.5. The Kier molecular flexibility index (Phi) is 5.70. The normalized spacial score (nSPS) is 10.8. The molecule has 0 unspecified atom stereocenters. The van der Waals surface area contributed by atoms with Crippen molar-refractivity contribution in [1.82, 2.24) is 19.9 Å². The average molecular weight is 373 g/mol. The van der Waals surface area contributed by atoms with Gasteiger partial charge in [-0.05, 0) is 30.7 Å². The Bertz CT molecular complexity index is 943. The molecular formula is C18H17F2N5O2. The van der Waals surface area contributed by atoms with Crippen LogP contribution in [0.25, 0.3) is 11.4 Å². The molecule has 3 heterocycles. The number of aromatic nitrogens is 4. The molecule has 0 amide bonds. The fourth-order valence-electron chi connectivity index (χ4n) is 2.33. The Morgan fingerprint density at radius 2 is 2.00 bits per heavy atom. The highest BCUT2D eigenvalue weighted by Crippen LogP contribution is 2.16. The monoisotopic (exact) mass is 373 g/mol. The zero-order valence-corrected chi connectivity index (χ0v) is 14.4. The molecule has 3 aromatic rings. The Hall–Kier alpha value is -3.36. The zero-order valence-electron chi connectivity index (χ0n) is 14.4. The van der Waals surface area contributed by atoms with E-state index in [2.05, 4.69) is 30.0 Å². The van der Waals surface area contributed by atoms with Crippen LogP contribution in [0.15, 0.2) is 47.5 Å². The highest BCUT2D eigenvalue weighted by Gasteiger charge is 2.06. The minimum Gasteiger partial charge on any atom is -0.433 e. The molecule has 0 saturated carbocycles. The van der Waals surface area contributed by atoms with Crippen LogP contribution in [0, 0.1) is 0 Å². The zero-order chi connectivity index (χ0) is 19.2. The van der Waals surface area contributed by atoms with Gasteiger partial charge >= 0.3 is 6.61 Å². The second kappa shape index (κ2) is 8.35. The van der Waals surface area contributed by atoms with Crippen LogP contribution in [0.5, 0.6) is 5.75 Å². The lowest BCUT2D eigenvalue weighted by atomic mass is 10.2. The van der Waals surface area contributed by atoms with Gasteiger partial charge in [0.05, 0.1) is 18.4 Å². The predicted molar refractivity (Wildman–Crippen MR) is 95.7 cm³/mol. The summed E-state index contributed by atoms with van der Waals surface area (Å²) in [4.78, 5) is 27.1. The third-order valence-electron chi connectivity index (χ3n) is 3.67. The number of aromatic amines is 1. The first-order valence-electron chi connectivity index (χ1n) is 8.24. The van der Waals surface area contributed by atoms with Gasteiger partial charge in [-0.1, -0.05) is 6.92 Å². The van der Waals surface area contributed by atoms with Crippen LogP contribution in [0.2, 0.25) is 0 Å². The molecule has 27 heavy (non-hydrogen) atoms. The number of ether oxygens (including phenoxy) is 1. The van der Waals surface area contributed by atoms with Gasteiger partial charge in [0.1, 0.15) is 17.4 Å². The number of alkyl halides is 2. The molecule has 3 rings (SSSR count). The van der Waals surface area contributed by atoms with Crippen LogP contribution in [0.1, 0.15) is 18.3 Å². The van der Waals surface area contributed by atoms with E-state index in [9.17, 15) is 13.6 Å². The maximum Gasteiger partial charge on any atom is 0.387 e. The summed E-state index contributed by atoms with van der Waals surface area (Å²) in [5, 5.41) is 3.08. The van der Waals surface area contributed by atoms with Crippen LogP contribution < -0.4 is 15.6 Å². The largest absolute Gasteiger partial charge is 0.433 e. The van der Waals surface area contributed by atoms with Crippen LogP contribution in [-0.4, -0.2) is 26.5 Å². The lowest BCUT2D eigenvalue weighted by Gasteiger charge is -2.08. The number of hydrogen-bond donors (Lipinski definition) is 2. The van der Waals surface area contributed by atoms with Gasteiger partial charge < -0.3 is 15.0 Å². The van der Waals surface area contributed by atoms with Crippen molar-refractivity contribution < 1.29 is 13.5 Å². The number of halogens is 2. The van der Waals surface area contributed by atoms with Gasteiger partial charge in [-0.25, -0.2) is 9.97 Å². The molecule has 7 nitrogen and oxygen atoms in total. The molecule has 2 N–H and O–H groups in total. The van der Waals surface area contributed by atoms with Crippen LogP contribution in [-0.2, 0) is 13.0 Å². The van der Waals surface area contributed by atoms with Crippen molar-refractivity contribution in [3.63, 3.8) is 0 Å². The predicted octanol–water partition coefficient (Wildman–Crippen LogP) is 3.00. The van der Waals surface area contributed by atoms with Gasteiger partial charge in [0.2, 0.25) is 0 Å². The van der Waals surface area contributed by atoms with Crippen LogP contribution >= 0.6 is 0 Å². The smallest absolute Gasteiger partial charge is 0.387 e. The topological polar surface area (TPSA) is 92.8 Å². The SMILES string of the molecule is CCc1cc(=O)[nH]c(-c2ccc(NCc3ccc(OC(F)F)cn3)nc2)n1. The number of anilines is 1. The van der Waals surface area contributed by atoms with E-state index >= 15 is 0 Å². The van der Waals surface area contributed by atoms with Gasteiger partial charge in [0.25, 0.3) is 5.56 Å². The van der Waals surface area contributed by atoms with Gasteiger partial charge in [-0.15, -0.1) is 0 Å². The summed E-state index contributed by atoms with van der Waals surface area (Å²) in [6.45, 7) is -0.584. The number of aryl methyl sites for hydroxylation is 1. The lowest BCUT2D eigenvalue weighted by Crippen LogP contribution is -2.10. The van der Waals surface area contributed by atoms with E-state index in [0.717, 1.165) is 0 Å². The van der Waals surface area contributed by atoms with Gasteiger partial charge in [0, 0.05) is 23.5 Å². The summed E-state index contributed by atoms with van der Waals surface area (Å²) in [6, 6.07) is 8.03. The van der Waals surface area contributed by atoms with E-state index in [1.165, 1.54) is 18.3 Å². The van der Waals surface area contributed by atoms with Crippen molar-refractivity contribution in [3.8, 4) is 17.1 Å². The third kappa shape index (κ3) is 5.06. The molecule has 0 fully saturated rings. The van der Waals surface area contributed by atoms with E-state index in [1.54, 1.807) is 24.4 Å². The fourth-order valence-corrected chi connectivity index (χ4v) is 2.33. The summed E-state index contributed by atoms with van der Waals surface area (Å²) in [7, 11) is 0. The molecule has 0 spiro atoms. The molecule has 0 radical (unpaired) electrons. The molecule has 3 aromatic heterocycles. The third-order valence-corrected chi connectivity index (χ3v) is 3.67. The first-order valence-corrected chi connectivity index (χ1v) is 8.24. The molecule has 9 heteroatoms. The van der Waals surface area contributed by atoms with Crippen molar-refractivity contribution in [2.45, 2.75) is 26.5 Å². The molecule has 0 bridgehead atoms. The van der Waals surface area contributed by atoms with Crippen LogP contribution in [0.4, 0.5) is 14.6 Å². The molecule has 0 aliphatic carbocycles. The Balaban J connectivity index is 1.64. The molecular weight excluding hydrogens is 356 g/mol. The molecule has 0 saturated heterocycles. The van der Waals surface area contributed by atoms with E-state index in [1.807, 2.05) is 6.92 Å². The maximum absolute atomic E-state index is 12.1. The average Bonchev–Trinajstić information content (AvgIpc) is 2.67. The number of nitrogens with zero attached hydrogens (tertiary/aromatic N) is 3. The van der Waals surface area contributed by atoms with Crippen molar-refractivity contribution in [3.05, 3.63) is 64.5 Å². The Labute approximate surface area is 153 Å². The van der Waals surface area contributed by atoms with Crippen LogP contribution in [0.3, 0.4) is 0 Å². The highest BCUT2D eigenvalue weighted by atomic mass is 19.3. The molecule has 140 valence electrons. The van der Waals surface area contributed by atoms with E-state index in [4.69, 9.17) is 0 Å². The Morgan fingerprint density at radius 1 is 1.15 bits per heavy atom. The van der Waals surface area contributed by atoms with Gasteiger partial charge in [-0.3, -0.25) is 9.78 Å². The number of nitrogens with one attached hydrogen (secondary N) is 2. The number of rotatable bonds is 7. The van der Waals surface area contributed by atoms with E-state index in [0.29, 0.717) is 41.6 Å². The molecule has 0 aliphatic rings.